The van der Waals surface area contributed by atoms with Gasteiger partial charge in [0.15, 0.2) is 0 Å². The summed E-state index contributed by atoms with van der Waals surface area (Å²) in [4.78, 5) is 21.0. The van der Waals surface area contributed by atoms with E-state index < -0.39 is 5.82 Å². The number of likely N-dealkylation sites (tertiary alicyclic amines) is 1. The highest BCUT2D eigenvalue weighted by Gasteiger charge is 2.30. The van der Waals surface area contributed by atoms with Crippen LogP contribution in [-0.2, 0) is 11.3 Å². The molecule has 1 heterocycles. The van der Waals surface area contributed by atoms with E-state index in [0.717, 1.165) is 25.9 Å². The number of amides is 1. The highest BCUT2D eigenvalue weighted by atomic mass is 19.1. The van der Waals surface area contributed by atoms with E-state index in [4.69, 9.17) is 0 Å². The van der Waals surface area contributed by atoms with Crippen LogP contribution in [0.3, 0.4) is 0 Å². The Kier molecular flexibility index (Phi) is 7.33. The summed E-state index contributed by atoms with van der Waals surface area (Å²) in [5, 5.41) is 9.38. The molecule has 0 spiro atoms. The van der Waals surface area contributed by atoms with E-state index in [9.17, 15) is 14.4 Å². The number of carbonyl (C=O) groups is 1. The average molecular weight is 384 g/mol. The Hall–Kier alpha value is -2.68. The third-order valence-corrected chi connectivity index (χ3v) is 5.25. The quantitative estimate of drug-likeness (QED) is 0.449. The van der Waals surface area contributed by atoms with Crippen molar-refractivity contribution in [1.82, 2.24) is 9.80 Å². The molecule has 5 nitrogen and oxygen atoms in total. The summed E-state index contributed by atoms with van der Waals surface area (Å²) in [6, 6.07) is 6.06. The van der Waals surface area contributed by atoms with E-state index in [1.165, 1.54) is 23.1 Å². The van der Waals surface area contributed by atoms with Crippen LogP contribution in [0, 0.1) is 29.0 Å². The van der Waals surface area contributed by atoms with Crippen LogP contribution < -0.4 is 0 Å². The molecule has 0 aliphatic carbocycles. The van der Waals surface area contributed by atoms with E-state index in [0.29, 0.717) is 34.5 Å². The minimum Gasteiger partial charge on any atom is -0.342 e. The van der Waals surface area contributed by atoms with Gasteiger partial charge < -0.3 is 4.90 Å². The van der Waals surface area contributed by atoms with Gasteiger partial charge in [-0.25, -0.2) is 4.39 Å². The summed E-state index contributed by atoms with van der Waals surface area (Å²) in [6.07, 6.45) is 2.18. The van der Waals surface area contributed by atoms with Gasteiger partial charge >= 0.3 is 0 Å². The highest BCUT2D eigenvalue weighted by molar-refractivity contribution is 6.04. The van der Waals surface area contributed by atoms with Gasteiger partial charge in [-0.2, -0.15) is 5.26 Å². The second-order valence-electron chi connectivity index (χ2n) is 7.70. The fraction of sp³-hybridized carbons (Fsp3) is 0.500. The van der Waals surface area contributed by atoms with Crippen LogP contribution in [0.5, 0.6) is 0 Å². The van der Waals surface area contributed by atoms with E-state index in [1.54, 1.807) is 14.0 Å². The van der Waals surface area contributed by atoms with Crippen molar-refractivity contribution < 1.29 is 9.18 Å². The molecule has 0 N–H and O–H groups in total. The fourth-order valence-corrected chi connectivity index (χ4v) is 3.60. The second-order valence-corrected chi connectivity index (χ2v) is 7.70. The van der Waals surface area contributed by atoms with Gasteiger partial charge in [0.2, 0.25) is 5.96 Å². The lowest BCUT2D eigenvalue weighted by atomic mass is 9.88. The van der Waals surface area contributed by atoms with Crippen LogP contribution in [-0.4, -0.2) is 41.8 Å². The van der Waals surface area contributed by atoms with Crippen molar-refractivity contribution in [3.63, 3.8) is 0 Å². The second kappa shape index (κ2) is 9.50. The van der Waals surface area contributed by atoms with E-state index >= 15 is 0 Å². The summed E-state index contributed by atoms with van der Waals surface area (Å²) in [5.41, 5.74) is 1.17. The molecule has 1 atom stereocenters. The van der Waals surface area contributed by atoms with Gasteiger partial charge in [0.05, 0.1) is 18.2 Å². The average Bonchev–Trinajstić information content (AvgIpc) is 2.67. The fourth-order valence-electron chi connectivity index (χ4n) is 3.60. The summed E-state index contributed by atoms with van der Waals surface area (Å²) in [5.74, 6) is 0.896. The summed E-state index contributed by atoms with van der Waals surface area (Å²) < 4.78 is 13.8. The van der Waals surface area contributed by atoms with Crippen molar-refractivity contribution in [2.24, 2.45) is 16.8 Å². The summed E-state index contributed by atoms with van der Waals surface area (Å²) >= 11 is 0. The SMILES string of the molecule is C=C(C)C(=O)N(Cc1cc(F)ccc1C#N)C(=NC)N1CCCC(C(C)C)C1. The Balaban J connectivity index is 2.39. The van der Waals surface area contributed by atoms with Crippen LogP contribution >= 0.6 is 0 Å². The molecule has 0 aromatic heterocycles. The van der Waals surface area contributed by atoms with Crippen molar-refractivity contribution in [3.8, 4) is 6.07 Å². The topological polar surface area (TPSA) is 59.7 Å². The van der Waals surface area contributed by atoms with Gasteiger partial charge in [0.1, 0.15) is 5.82 Å². The standard InChI is InChI=1S/C22H29FN4O/c1-15(2)18-7-6-10-26(13-18)22(25-5)27(21(28)16(3)4)14-19-11-20(23)9-8-17(19)12-24/h8-9,11,15,18H,3,6-7,10,13-14H2,1-2,4-5H3. The molecule has 1 aliphatic rings. The number of piperidine rings is 1. The Labute approximate surface area is 167 Å². The number of guanidine groups is 1. The largest absolute Gasteiger partial charge is 0.342 e. The molecule has 6 heteroatoms. The normalized spacial score (nSPS) is 17.4. The van der Waals surface area contributed by atoms with Crippen LogP contribution in [0.25, 0.3) is 0 Å². The Morgan fingerprint density at radius 2 is 2.21 bits per heavy atom. The van der Waals surface area contributed by atoms with Crippen molar-refractivity contribution in [2.45, 2.75) is 40.2 Å². The summed E-state index contributed by atoms with van der Waals surface area (Å²) in [6.45, 7) is 11.5. The first-order chi connectivity index (χ1) is 13.3. The van der Waals surface area contributed by atoms with E-state index in [1.807, 2.05) is 0 Å². The molecular formula is C22H29FN4O. The molecule has 2 rings (SSSR count). The predicted octanol–water partition coefficient (Wildman–Crippen LogP) is 3.96. The Bertz CT molecular complexity index is 809. The van der Waals surface area contributed by atoms with Crippen molar-refractivity contribution in [3.05, 3.63) is 47.3 Å². The molecule has 0 radical (unpaired) electrons. The first kappa shape index (κ1) is 21.6. The molecule has 0 bridgehead atoms. The molecule has 1 aliphatic heterocycles. The Morgan fingerprint density at radius 3 is 2.79 bits per heavy atom. The molecule has 1 amide bonds. The zero-order chi connectivity index (χ0) is 20.8. The number of carbonyl (C=O) groups excluding carboxylic acids is 1. The number of benzene rings is 1. The number of hydrogen-bond donors (Lipinski definition) is 0. The highest BCUT2D eigenvalue weighted by Crippen LogP contribution is 2.25. The lowest BCUT2D eigenvalue weighted by Gasteiger charge is -2.40. The molecule has 150 valence electrons. The van der Waals surface area contributed by atoms with Crippen molar-refractivity contribution in [2.75, 3.05) is 20.1 Å². The van der Waals surface area contributed by atoms with Gasteiger partial charge in [0.25, 0.3) is 5.91 Å². The molecule has 1 aromatic rings. The monoisotopic (exact) mass is 384 g/mol. The third-order valence-electron chi connectivity index (χ3n) is 5.25. The smallest absolute Gasteiger partial charge is 0.255 e. The zero-order valence-electron chi connectivity index (χ0n) is 17.2. The number of rotatable bonds is 4. The molecule has 1 aromatic carbocycles. The van der Waals surface area contributed by atoms with E-state index in [2.05, 4.69) is 36.4 Å². The third kappa shape index (κ3) is 4.98. The van der Waals surface area contributed by atoms with Gasteiger partial charge in [-0.1, -0.05) is 20.4 Å². The molecule has 1 unspecified atom stereocenters. The number of halogens is 1. The minimum absolute atomic E-state index is 0.0713. The first-order valence-corrected chi connectivity index (χ1v) is 9.66. The number of nitrogens with zero attached hydrogens (tertiary/aromatic N) is 4. The first-order valence-electron chi connectivity index (χ1n) is 9.66. The number of nitriles is 1. The van der Waals surface area contributed by atoms with Crippen molar-refractivity contribution in [1.29, 1.82) is 5.26 Å². The minimum atomic E-state index is -0.440. The van der Waals surface area contributed by atoms with Gasteiger partial charge in [-0.15, -0.1) is 0 Å². The van der Waals surface area contributed by atoms with Crippen LogP contribution in [0.2, 0.25) is 0 Å². The molecular weight excluding hydrogens is 355 g/mol. The molecule has 1 saturated heterocycles. The van der Waals surface area contributed by atoms with Crippen LogP contribution in [0.15, 0.2) is 35.3 Å². The van der Waals surface area contributed by atoms with Gasteiger partial charge in [0, 0.05) is 25.7 Å². The maximum atomic E-state index is 13.8. The predicted molar refractivity (Wildman–Crippen MR) is 109 cm³/mol. The lowest BCUT2D eigenvalue weighted by Crippen LogP contribution is -2.51. The van der Waals surface area contributed by atoms with Crippen molar-refractivity contribution >= 4 is 11.9 Å². The van der Waals surface area contributed by atoms with Crippen LogP contribution in [0.4, 0.5) is 4.39 Å². The molecule has 1 fully saturated rings. The lowest BCUT2D eigenvalue weighted by molar-refractivity contribution is -0.124. The number of aliphatic imine (C=N–C) groups is 1. The molecule has 0 saturated carbocycles. The van der Waals surface area contributed by atoms with Crippen LogP contribution in [0.1, 0.15) is 44.7 Å². The van der Waals surface area contributed by atoms with E-state index in [-0.39, 0.29) is 12.5 Å². The number of hydrogen-bond acceptors (Lipinski definition) is 3. The Morgan fingerprint density at radius 1 is 1.50 bits per heavy atom. The van der Waals surface area contributed by atoms with Gasteiger partial charge in [-0.05, 0) is 55.4 Å². The zero-order valence-corrected chi connectivity index (χ0v) is 17.2. The van der Waals surface area contributed by atoms with Gasteiger partial charge in [-0.3, -0.25) is 14.7 Å². The maximum absolute atomic E-state index is 13.8. The maximum Gasteiger partial charge on any atom is 0.255 e. The molecule has 28 heavy (non-hydrogen) atoms. The summed E-state index contributed by atoms with van der Waals surface area (Å²) in [7, 11) is 1.66.